The Labute approximate surface area is 138 Å². The van der Waals surface area contributed by atoms with Gasteiger partial charge >= 0.3 is 0 Å². The van der Waals surface area contributed by atoms with E-state index in [0.717, 1.165) is 12.8 Å². The van der Waals surface area contributed by atoms with E-state index < -0.39 is 0 Å². The highest BCUT2D eigenvalue weighted by Gasteiger charge is 2.25. The molecular formula is C18H16N4O2. The lowest BCUT2D eigenvalue weighted by Gasteiger charge is -2.06. The summed E-state index contributed by atoms with van der Waals surface area (Å²) in [4.78, 5) is 31.8. The topological polar surface area (TPSA) is 86.9 Å². The zero-order chi connectivity index (χ0) is 16.5. The van der Waals surface area contributed by atoms with Crippen molar-refractivity contribution in [2.24, 2.45) is 0 Å². The standard InChI is InChI=1S/C18H16N4O2/c23-17(11-4-2-1-3-5-11)22-13-8-14-15(10-20-16(14)19-9-13)18(24)21-12-6-7-12/h1-5,8-10,12H,6-7H2,(H,19,20)(H,21,24)(H,22,23). The molecule has 6 nitrogen and oxygen atoms in total. The van der Waals surface area contributed by atoms with Crippen molar-refractivity contribution in [1.82, 2.24) is 15.3 Å². The molecule has 2 aromatic heterocycles. The predicted octanol–water partition coefficient (Wildman–Crippen LogP) is 2.71. The van der Waals surface area contributed by atoms with Crippen LogP contribution in [0.25, 0.3) is 11.0 Å². The van der Waals surface area contributed by atoms with E-state index in [9.17, 15) is 9.59 Å². The molecule has 0 spiro atoms. The van der Waals surface area contributed by atoms with Crippen molar-refractivity contribution in [3.63, 3.8) is 0 Å². The number of nitrogens with zero attached hydrogens (tertiary/aromatic N) is 1. The fourth-order valence-electron chi connectivity index (χ4n) is 2.54. The molecule has 4 rings (SSSR count). The van der Waals surface area contributed by atoms with Gasteiger partial charge in [0.1, 0.15) is 5.65 Å². The molecule has 0 radical (unpaired) electrons. The number of benzene rings is 1. The molecule has 3 aromatic rings. The van der Waals surface area contributed by atoms with Gasteiger partial charge in [-0.05, 0) is 31.0 Å². The number of hydrogen-bond donors (Lipinski definition) is 3. The normalized spacial score (nSPS) is 13.7. The molecule has 1 aliphatic rings. The van der Waals surface area contributed by atoms with Crippen LogP contribution in [0.15, 0.2) is 48.8 Å². The third kappa shape index (κ3) is 2.86. The second-order valence-electron chi connectivity index (χ2n) is 5.89. The number of nitrogens with one attached hydrogen (secondary N) is 3. The summed E-state index contributed by atoms with van der Waals surface area (Å²) in [5.74, 6) is -0.326. The van der Waals surface area contributed by atoms with Crippen molar-refractivity contribution in [2.75, 3.05) is 5.32 Å². The van der Waals surface area contributed by atoms with Crippen molar-refractivity contribution >= 4 is 28.5 Å². The second kappa shape index (κ2) is 5.81. The number of anilines is 1. The lowest BCUT2D eigenvalue weighted by Crippen LogP contribution is -2.25. The molecule has 0 unspecified atom stereocenters. The highest BCUT2D eigenvalue weighted by Crippen LogP contribution is 2.23. The number of hydrogen-bond acceptors (Lipinski definition) is 3. The van der Waals surface area contributed by atoms with Crippen molar-refractivity contribution in [2.45, 2.75) is 18.9 Å². The molecule has 2 heterocycles. The third-order valence-electron chi connectivity index (χ3n) is 3.98. The van der Waals surface area contributed by atoms with E-state index >= 15 is 0 Å². The molecule has 6 heteroatoms. The number of fused-ring (bicyclic) bond motifs is 1. The summed E-state index contributed by atoms with van der Waals surface area (Å²) >= 11 is 0. The van der Waals surface area contributed by atoms with Crippen LogP contribution in [-0.2, 0) is 0 Å². The Morgan fingerprint density at radius 2 is 1.92 bits per heavy atom. The Hall–Kier alpha value is -3.15. The van der Waals surface area contributed by atoms with Gasteiger partial charge in [0.05, 0.1) is 17.4 Å². The average molecular weight is 320 g/mol. The van der Waals surface area contributed by atoms with E-state index in [1.54, 1.807) is 30.6 Å². The Bertz CT molecular complexity index is 913. The summed E-state index contributed by atoms with van der Waals surface area (Å²) in [6.07, 6.45) is 5.29. The predicted molar refractivity (Wildman–Crippen MR) is 91.0 cm³/mol. The van der Waals surface area contributed by atoms with Crippen LogP contribution in [0.5, 0.6) is 0 Å². The molecule has 0 aliphatic heterocycles. The highest BCUT2D eigenvalue weighted by atomic mass is 16.2. The van der Waals surface area contributed by atoms with Gasteiger partial charge in [-0.3, -0.25) is 9.59 Å². The van der Waals surface area contributed by atoms with E-state index in [2.05, 4.69) is 20.6 Å². The molecule has 0 bridgehead atoms. The molecule has 1 fully saturated rings. The molecular weight excluding hydrogens is 304 g/mol. The molecule has 1 saturated carbocycles. The molecule has 2 amide bonds. The van der Waals surface area contributed by atoms with Crippen LogP contribution in [0.3, 0.4) is 0 Å². The van der Waals surface area contributed by atoms with E-state index in [1.165, 1.54) is 0 Å². The first-order valence-electron chi connectivity index (χ1n) is 7.85. The van der Waals surface area contributed by atoms with Crippen LogP contribution in [0.2, 0.25) is 0 Å². The Morgan fingerprint density at radius 3 is 2.67 bits per heavy atom. The van der Waals surface area contributed by atoms with E-state index in [4.69, 9.17) is 0 Å². The first-order chi connectivity index (χ1) is 11.7. The first-order valence-corrected chi connectivity index (χ1v) is 7.85. The molecule has 120 valence electrons. The second-order valence-corrected chi connectivity index (χ2v) is 5.89. The molecule has 0 saturated heterocycles. The Morgan fingerprint density at radius 1 is 1.12 bits per heavy atom. The van der Waals surface area contributed by atoms with Gasteiger partial charge in [0.25, 0.3) is 11.8 Å². The summed E-state index contributed by atoms with van der Waals surface area (Å²) in [6, 6.07) is 11.0. The Balaban J connectivity index is 1.60. The number of amides is 2. The smallest absolute Gasteiger partial charge is 0.255 e. The molecule has 24 heavy (non-hydrogen) atoms. The maximum Gasteiger partial charge on any atom is 0.255 e. The summed E-state index contributed by atoms with van der Waals surface area (Å²) in [5, 5.41) is 6.47. The largest absolute Gasteiger partial charge is 0.349 e. The Kier molecular flexibility index (Phi) is 3.49. The van der Waals surface area contributed by atoms with Crippen LogP contribution in [-0.4, -0.2) is 27.8 Å². The van der Waals surface area contributed by atoms with Crippen LogP contribution in [0.4, 0.5) is 5.69 Å². The van der Waals surface area contributed by atoms with Gasteiger partial charge in [-0.2, -0.15) is 0 Å². The van der Waals surface area contributed by atoms with Crippen molar-refractivity contribution in [1.29, 1.82) is 0 Å². The number of carbonyl (C=O) groups excluding carboxylic acids is 2. The maximum absolute atomic E-state index is 12.3. The van der Waals surface area contributed by atoms with Crippen molar-refractivity contribution in [3.8, 4) is 0 Å². The lowest BCUT2D eigenvalue weighted by molar-refractivity contribution is 0.0952. The minimum atomic E-state index is -0.212. The van der Waals surface area contributed by atoms with Gasteiger partial charge in [0, 0.05) is 23.2 Å². The van der Waals surface area contributed by atoms with Crippen molar-refractivity contribution < 1.29 is 9.59 Å². The number of aromatic nitrogens is 2. The quantitative estimate of drug-likeness (QED) is 0.691. The number of H-pyrrole nitrogens is 1. The summed E-state index contributed by atoms with van der Waals surface area (Å²) < 4.78 is 0. The molecule has 1 aromatic carbocycles. The average Bonchev–Trinajstić information content (AvgIpc) is 3.31. The SMILES string of the molecule is O=C(Nc1cnc2[nH]cc(C(=O)NC3CC3)c2c1)c1ccccc1. The number of pyridine rings is 1. The first kappa shape index (κ1) is 14.4. The molecule has 0 atom stereocenters. The molecule has 1 aliphatic carbocycles. The number of aromatic amines is 1. The lowest BCUT2D eigenvalue weighted by atomic mass is 10.2. The third-order valence-corrected chi connectivity index (χ3v) is 3.98. The number of rotatable bonds is 4. The minimum absolute atomic E-state index is 0.114. The van der Waals surface area contributed by atoms with Gasteiger partial charge in [-0.1, -0.05) is 18.2 Å². The van der Waals surface area contributed by atoms with Crippen LogP contribution in [0, 0.1) is 0 Å². The maximum atomic E-state index is 12.3. The van der Waals surface area contributed by atoms with Gasteiger partial charge in [0.2, 0.25) is 0 Å². The molecule has 3 N–H and O–H groups in total. The fraction of sp³-hybridized carbons (Fsp3) is 0.167. The van der Waals surface area contributed by atoms with Crippen LogP contribution < -0.4 is 10.6 Å². The van der Waals surface area contributed by atoms with Gasteiger partial charge in [-0.15, -0.1) is 0 Å². The van der Waals surface area contributed by atoms with Crippen LogP contribution >= 0.6 is 0 Å². The zero-order valence-corrected chi connectivity index (χ0v) is 12.9. The zero-order valence-electron chi connectivity index (χ0n) is 12.9. The fourth-order valence-corrected chi connectivity index (χ4v) is 2.54. The summed E-state index contributed by atoms with van der Waals surface area (Å²) in [7, 11) is 0. The summed E-state index contributed by atoms with van der Waals surface area (Å²) in [6.45, 7) is 0. The van der Waals surface area contributed by atoms with E-state index in [1.807, 2.05) is 18.2 Å². The van der Waals surface area contributed by atoms with Gasteiger partial charge in [0.15, 0.2) is 0 Å². The van der Waals surface area contributed by atoms with Gasteiger partial charge in [-0.25, -0.2) is 4.98 Å². The summed E-state index contributed by atoms with van der Waals surface area (Å²) in [5.41, 5.74) is 2.28. The monoisotopic (exact) mass is 320 g/mol. The van der Waals surface area contributed by atoms with Crippen molar-refractivity contribution in [3.05, 3.63) is 59.9 Å². The minimum Gasteiger partial charge on any atom is -0.349 e. The van der Waals surface area contributed by atoms with Crippen LogP contribution in [0.1, 0.15) is 33.6 Å². The van der Waals surface area contributed by atoms with Gasteiger partial charge < -0.3 is 15.6 Å². The van der Waals surface area contributed by atoms with E-state index in [-0.39, 0.29) is 17.9 Å². The van der Waals surface area contributed by atoms with E-state index in [0.29, 0.717) is 27.8 Å². The highest BCUT2D eigenvalue weighted by molar-refractivity contribution is 6.08. The number of carbonyl (C=O) groups is 2.